The third-order valence-electron chi connectivity index (χ3n) is 6.27. The number of methoxy groups -OCH3 is 2. The lowest BCUT2D eigenvalue weighted by Gasteiger charge is -2.33. The van der Waals surface area contributed by atoms with Crippen LogP contribution in [0.1, 0.15) is 13.3 Å². The molecule has 1 aliphatic heterocycles. The number of amides is 1. The molecule has 1 N–H and O–H groups in total. The molecule has 3 heterocycles. The molecule has 35 heavy (non-hydrogen) atoms. The zero-order valence-electron chi connectivity index (χ0n) is 20.8. The van der Waals surface area contributed by atoms with E-state index in [0.29, 0.717) is 5.95 Å². The van der Waals surface area contributed by atoms with Crippen molar-refractivity contribution in [1.29, 1.82) is 0 Å². The lowest BCUT2D eigenvalue weighted by Crippen LogP contribution is -2.48. The number of nitrogens with zero attached hydrogens (tertiary/aromatic N) is 5. The molecule has 1 saturated heterocycles. The van der Waals surface area contributed by atoms with Crippen LogP contribution in [0.15, 0.2) is 30.6 Å². The summed E-state index contributed by atoms with van der Waals surface area (Å²) in [4.78, 5) is 25.4. The summed E-state index contributed by atoms with van der Waals surface area (Å²) in [5.74, 6) is 7.30. The standard InChI is InChI=1S/C26H32N6O3/c1-5-7-24(33)31-12-10-30(11-13-31)8-6-9-32-18-23(22-17-28-26(27-2)29-25(22)32)19-14-20(34-3)16-21(15-19)35-4/h14-18H,6,8-13H2,1-4H3,(H,27,28,29). The molecule has 3 aromatic rings. The van der Waals surface area contributed by atoms with Gasteiger partial charge in [-0.1, -0.05) is 5.92 Å². The van der Waals surface area contributed by atoms with Gasteiger partial charge in [0, 0.05) is 69.2 Å². The first-order valence-electron chi connectivity index (χ1n) is 11.8. The van der Waals surface area contributed by atoms with Crippen molar-refractivity contribution in [3.05, 3.63) is 30.6 Å². The van der Waals surface area contributed by atoms with E-state index in [1.165, 1.54) is 0 Å². The Balaban J connectivity index is 1.51. The Labute approximate surface area is 206 Å². The number of piperazine rings is 1. The van der Waals surface area contributed by atoms with E-state index in [-0.39, 0.29) is 5.91 Å². The first kappa shape index (κ1) is 24.4. The third kappa shape index (κ3) is 5.49. The summed E-state index contributed by atoms with van der Waals surface area (Å²) in [6.07, 6.45) is 4.96. The van der Waals surface area contributed by atoms with Crippen LogP contribution in [0.3, 0.4) is 0 Å². The second-order valence-electron chi connectivity index (χ2n) is 8.38. The molecule has 0 bridgehead atoms. The molecule has 1 fully saturated rings. The van der Waals surface area contributed by atoms with E-state index in [9.17, 15) is 4.79 Å². The highest BCUT2D eigenvalue weighted by Gasteiger charge is 2.20. The highest BCUT2D eigenvalue weighted by atomic mass is 16.5. The first-order valence-corrected chi connectivity index (χ1v) is 11.8. The lowest BCUT2D eigenvalue weighted by molar-refractivity contribution is -0.126. The average molecular weight is 477 g/mol. The zero-order chi connectivity index (χ0) is 24.8. The van der Waals surface area contributed by atoms with Gasteiger partial charge in [0.05, 0.1) is 14.2 Å². The molecule has 9 heteroatoms. The third-order valence-corrected chi connectivity index (χ3v) is 6.27. The van der Waals surface area contributed by atoms with Crippen molar-refractivity contribution in [3.63, 3.8) is 0 Å². The van der Waals surface area contributed by atoms with E-state index < -0.39 is 0 Å². The number of aromatic nitrogens is 3. The molecule has 4 rings (SSSR count). The van der Waals surface area contributed by atoms with Crippen LogP contribution in [0.4, 0.5) is 5.95 Å². The highest BCUT2D eigenvalue weighted by Crippen LogP contribution is 2.35. The lowest BCUT2D eigenvalue weighted by atomic mass is 10.1. The predicted octanol–water partition coefficient (Wildman–Crippen LogP) is 2.71. The van der Waals surface area contributed by atoms with Crippen molar-refractivity contribution in [2.24, 2.45) is 0 Å². The molecule has 0 spiro atoms. The summed E-state index contributed by atoms with van der Waals surface area (Å²) in [6, 6.07) is 5.86. The average Bonchev–Trinajstić information content (AvgIpc) is 3.26. The van der Waals surface area contributed by atoms with Gasteiger partial charge in [0.25, 0.3) is 5.91 Å². The van der Waals surface area contributed by atoms with E-state index in [1.807, 2.05) is 36.3 Å². The summed E-state index contributed by atoms with van der Waals surface area (Å²) < 4.78 is 13.1. The predicted molar refractivity (Wildman–Crippen MR) is 137 cm³/mol. The first-order chi connectivity index (χ1) is 17.1. The maximum Gasteiger partial charge on any atom is 0.298 e. The van der Waals surface area contributed by atoms with Gasteiger partial charge < -0.3 is 24.3 Å². The molecule has 0 radical (unpaired) electrons. The number of carbonyl (C=O) groups excluding carboxylic acids is 1. The van der Waals surface area contributed by atoms with Gasteiger partial charge in [-0.3, -0.25) is 9.69 Å². The van der Waals surface area contributed by atoms with Gasteiger partial charge in [-0.15, -0.1) is 0 Å². The van der Waals surface area contributed by atoms with Crippen LogP contribution in [-0.4, -0.2) is 84.2 Å². The molecule has 1 amide bonds. The Morgan fingerprint density at radius 2 is 1.80 bits per heavy atom. The fourth-order valence-electron chi connectivity index (χ4n) is 4.38. The van der Waals surface area contributed by atoms with Crippen molar-refractivity contribution in [2.45, 2.75) is 19.9 Å². The second kappa shape index (κ2) is 11.1. The van der Waals surface area contributed by atoms with Gasteiger partial charge in [-0.05, 0) is 43.5 Å². The van der Waals surface area contributed by atoms with E-state index in [0.717, 1.165) is 79.3 Å². The monoisotopic (exact) mass is 476 g/mol. The summed E-state index contributed by atoms with van der Waals surface area (Å²) in [6.45, 7) is 6.64. The maximum absolute atomic E-state index is 12.0. The molecule has 0 saturated carbocycles. The van der Waals surface area contributed by atoms with Gasteiger partial charge in [0.1, 0.15) is 17.1 Å². The van der Waals surface area contributed by atoms with Gasteiger partial charge in [-0.25, -0.2) is 4.98 Å². The van der Waals surface area contributed by atoms with Gasteiger partial charge in [-0.2, -0.15) is 4.98 Å². The summed E-state index contributed by atoms with van der Waals surface area (Å²) in [5.41, 5.74) is 2.90. The van der Waals surface area contributed by atoms with Gasteiger partial charge in [0.2, 0.25) is 5.95 Å². The smallest absolute Gasteiger partial charge is 0.298 e. The minimum absolute atomic E-state index is 0.0762. The molecule has 0 aliphatic carbocycles. The topological polar surface area (TPSA) is 84.8 Å². The minimum Gasteiger partial charge on any atom is -0.497 e. The normalized spacial score (nSPS) is 13.9. The number of benzene rings is 1. The summed E-state index contributed by atoms with van der Waals surface area (Å²) in [7, 11) is 5.12. The van der Waals surface area contributed by atoms with Crippen LogP contribution in [0.5, 0.6) is 11.5 Å². The fourth-order valence-corrected chi connectivity index (χ4v) is 4.38. The van der Waals surface area contributed by atoms with Crippen molar-refractivity contribution in [2.75, 3.05) is 59.3 Å². The van der Waals surface area contributed by atoms with Crippen LogP contribution in [0.25, 0.3) is 22.2 Å². The minimum atomic E-state index is -0.0762. The van der Waals surface area contributed by atoms with E-state index in [2.05, 4.69) is 37.8 Å². The number of ether oxygens (including phenoxy) is 2. The Bertz CT molecular complexity index is 1230. The number of nitrogens with one attached hydrogen (secondary N) is 1. The van der Waals surface area contributed by atoms with Crippen LogP contribution in [-0.2, 0) is 11.3 Å². The molecule has 1 aromatic carbocycles. The maximum atomic E-state index is 12.0. The van der Waals surface area contributed by atoms with Crippen molar-refractivity contribution >= 4 is 22.9 Å². The highest BCUT2D eigenvalue weighted by molar-refractivity contribution is 5.95. The van der Waals surface area contributed by atoms with Crippen LogP contribution in [0.2, 0.25) is 0 Å². The number of rotatable bonds is 8. The Morgan fingerprint density at radius 3 is 2.43 bits per heavy atom. The molecular formula is C26H32N6O3. The fraction of sp³-hybridized carbons (Fsp3) is 0.423. The van der Waals surface area contributed by atoms with Crippen molar-refractivity contribution < 1.29 is 14.3 Å². The number of hydrogen-bond acceptors (Lipinski definition) is 7. The molecule has 9 nitrogen and oxygen atoms in total. The number of fused-ring (bicyclic) bond motifs is 1. The molecule has 2 aromatic heterocycles. The number of aryl methyl sites for hydroxylation is 1. The van der Waals surface area contributed by atoms with E-state index in [1.54, 1.807) is 21.1 Å². The van der Waals surface area contributed by atoms with Crippen LogP contribution >= 0.6 is 0 Å². The second-order valence-corrected chi connectivity index (χ2v) is 8.38. The van der Waals surface area contributed by atoms with Gasteiger partial charge >= 0.3 is 0 Å². The molecule has 184 valence electrons. The summed E-state index contributed by atoms with van der Waals surface area (Å²) in [5, 5.41) is 4.01. The largest absolute Gasteiger partial charge is 0.497 e. The van der Waals surface area contributed by atoms with Crippen LogP contribution < -0.4 is 14.8 Å². The quantitative estimate of drug-likeness (QED) is 0.501. The SMILES string of the molecule is CC#CC(=O)N1CCN(CCCn2cc(-c3cc(OC)cc(OC)c3)c3cnc(NC)nc32)CC1. The number of hydrogen-bond donors (Lipinski definition) is 1. The van der Waals surface area contributed by atoms with E-state index in [4.69, 9.17) is 14.5 Å². The zero-order valence-corrected chi connectivity index (χ0v) is 20.8. The van der Waals surface area contributed by atoms with Gasteiger partial charge in [0.15, 0.2) is 0 Å². The molecule has 0 unspecified atom stereocenters. The Kier molecular flexibility index (Phi) is 7.73. The molecular weight excluding hydrogens is 444 g/mol. The van der Waals surface area contributed by atoms with Crippen LogP contribution in [0, 0.1) is 11.8 Å². The Morgan fingerprint density at radius 1 is 1.09 bits per heavy atom. The van der Waals surface area contributed by atoms with E-state index >= 15 is 0 Å². The number of carbonyl (C=O) groups is 1. The molecule has 0 atom stereocenters. The molecule has 1 aliphatic rings. The Hall–Kier alpha value is -3.77. The van der Waals surface area contributed by atoms with Crippen molar-refractivity contribution in [1.82, 2.24) is 24.3 Å². The number of anilines is 1. The van der Waals surface area contributed by atoms with Crippen molar-refractivity contribution in [3.8, 4) is 34.5 Å². The summed E-state index contributed by atoms with van der Waals surface area (Å²) >= 11 is 0.